The Hall–Kier alpha value is -2.74. The van der Waals surface area contributed by atoms with Crippen molar-refractivity contribution >= 4 is 29.1 Å². The molecule has 138 valence electrons. The Labute approximate surface area is 160 Å². The molecule has 0 bridgehead atoms. The third-order valence-corrected chi connectivity index (χ3v) is 5.72. The van der Waals surface area contributed by atoms with Crippen LogP contribution in [0.4, 0.5) is 11.5 Å². The molecular formula is C19H18N4O3S. The van der Waals surface area contributed by atoms with Crippen molar-refractivity contribution in [3.63, 3.8) is 0 Å². The predicted molar refractivity (Wildman–Crippen MR) is 103 cm³/mol. The number of nitro benzene ring substituents is 1. The summed E-state index contributed by atoms with van der Waals surface area (Å²) in [6.45, 7) is 0. The number of nitrogens with zero attached hydrogens (tertiary/aromatic N) is 3. The number of Topliss-reactive ketones (excluding diaryl/α,β-unsaturated/α-hetero) is 1. The molecule has 2 aliphatic rings. The Morgan fingerprint density at radius 2 is 1.96 bits per heavy atom. The number of rotatable bonds is 3. The number of ketones is 1. The van der Waals surface area contributed by atoms with E-state index in [1.165, 1.54) is 23.9 Å². The van der Waals surface area contributed by atoms with Gasteiger partial charge in [-0.15, -0.1) is 0 Å². The maximum atomic E-state index is 12.8. The smallest absolute Gasteiger partial charge is 0.269 e. The minimum Gasteiger partial charge on any atom is -0.383 e. The highest BCUT2D eigenvalue weighted by Gasteiger charge is 2.37. The number of allylic oxidation sites excluding steroid dienone is 2. The van der Waals surface area contributed by atoms with Gasteiger partial charge in [0.2, 0.25) is 0 Å². The zero-order valence-corrected chi connectivity index (χ0v) is 15.6. The van der Waals surface area contributed by atoms with E-state index in [0.717, 1.165) is 40.8 Å². The van der Waals surface area contributed by atoms with Gasteiger partial charge in [-0.2, -0.15) is 0 Å². The number of nitrogens with two attached hydrogens (primary N) is 1. The first-order valence-corrected chi connectivity index (χ1v) is 9.91. The molecule has 1 unspecified atom stereocenters. The highest BCUT2D eigenvalue weighted by Crippen LogP contribution is 2.46. The van der Waals surface area contributed by atoms with Gasteiger partial charge in [0.1, 0.15) is 5.82 Å². The number of nitro groups is 1. The lowest BCUT2D eigenvalue weighted by atomic mass is 9.71. The molecule has 7 nitrogen and oxygen atoms in total. The van der Waals surface area contributed by atoms with Gasteiger partial charge in [-0.05, 0) is 24.7 Å². The van der Waals surface area contributed by atoms with E-state index in [0.29, 0.717) is 23.8 Å². The molecule has 27 heavy (non-hydrogen) atoms. The molecule has 0 saturated heterocycles. The van der Waals surface area contributed by atoms with Crippen molar-refractivity contribution in [2.75, 3.05) is 12.0 Å². The van der Waals surface area contributed by atoms with Crippen molar-refractivity contribution in [2.24, 2.45) is 0 Å². The summed E-state index contributed by atoms with van der Waals surface area (Å²) in [5.41, 5.74) is 10.6. The van der Waals surface area contributed by atoms with Crippen LogP contribution < -0.4 is 5.73 Å². The van der Waals surface area contributed by atoms with E-state index in [2.05, 4.69) is 9.97 Å². The van der Waals surface area contributed by atoms with Gasteiger partial charge in [0.05, 0.1) is 10.6 Å². The van der Waals surface area contributed by atoms with E-state index < -0.39 is 4.92 Å². The Balaban J connectivity index is 1.92. The summed E-state index contributed by atoms with van der Waals surface area (Å²) in [6.07, 6.45) is 4.73. The molecule has 0 fully saturated rings. The largest absolute Gasteiger partial charge is 0.383 e. The monoisotopic (exact) mass is 382 g/mol. The molecule has 2 aliphatic carbocycles. The number of carbonyl (C=O) groups excluding carboxylic acids is 1. The number of carbonyl (C=O) groups is 1. The molecule has 2 aromatic rings. The first-order chi connectivity index (χ1) is 13.0. The van der Waals surface area contributed by atoms with Crippen LogP contribution >= 0.6 is 11.8 Å². The van der Waals surface area contributed by atoms with Gasteiger partial charge < -0.3 is 5.73 Å². The zero-order chi connectivity index (χ0) is 19.1. The highest BCUT2D eigenvalue weighted by molar-refractivity contribution is 7.98. The molecule has 0 radical (unpaired) electrons. The van der Waals surface area contributed by atoms with Gasteiger partial charge in [-0.25, -0.2) is 9.97 Å². The average Bonchev–Trinajstić information content (AvgIpc) is 2.66. The molecule has 1 aromatic heterocycles. The van der Waals surface area contributed by atoms with Crippen LogP contribution in [-0.4, -0.2) is 26.9 Å². The quantitative estimate of drug-likeness (QED) is 0.374. The van der Waals surface area contributed by atoms with E-state index in [1.54, 1.807) is 12.1 Å². The number of aromatic nitrogens is 2. The van der Waals surface area contributed by atoms with Crippen molar-refractivity contribution in [1.29, 1.82) is 0 Å². The fourth-order valence-electron chi connectivity index (χ4n) is 4.00. The average molecular weight is 382 g/mol. The van der Waals surface area contributed by atoms with Gasteiger partial charge >= 0.3 is 0 Å². The van der Waals surface area contributed by atoms with Crippen LogP contribution in [0, 0.1) is 10.1 Å². The minimum absolute atomic E-state index is 0.0147. The molecule has 0 spiro atoms. The second-order valence-corrected chi connectivity index (χ2v) is 7.48. The summed E-state index contributed by atoms with van der Waals surface area (Å²) in [5.74, 6) is 0.129. The fourth-order valence-corrected chi connectivity index (χ4v) is 4.39. The van der Waals surface area contributed by atoms with Crippen LogP contribution in [0.25, 0.3) is 0 Å². The van der Waals surface area contributed by atoms with Crippen molar-refractivity contribution in [3.05, 3.63) is 62.3 Å². The van der Waals surface area contributed by atoms with E-state index in [-0.39, 0.29) is 17.4 Å². The Morgan fingerprint density at radius 1 is 1.22 bits per heavy atom. The van der Waals surface area contributed by atoms with Crippen LogP contribution in [0.15, 0.2) is 40.6 Å². The number of benzene rings is 1. The number of anilines is 1. The number of thioether (sulfide) groups is 1. The van der Waals surface area contributed by atoms with Crippen LogP contribution in [0.2, 0.25) is 0 Å². The summed E-state index contributed by atoms with van der Waals surface area (Å²) in [7, 11) is 0. The first kappa shape index (κ1) is 17.7. The molecule has 1 atom stereocenters. The van der Waals surface area contributed by atoms with Crippen molar-refractivity contribution in [2.45, 2.75) is 36.8 Å². The number of non-ortho nitro benzene ring substituents is 1. The molecule has 1 aromatic carbocycles. The lowest BCUT2D eigenvalue weighted by Crippen LogP contribution is -2.27. The number of fused-ring (bicyclic) bond motifs is 1. The summed E-state index contributed by atoms with van der Waals surface area (Å²) >= 11 is 1.43. The molecule has 0 amide bonds. The van der Waals surface area contributed by atoms with Crippen LogP contribution in [0.3, 0.4) is 0 Å². The minimum atomic E-state index is -0.433. The van der Waals surface area contributed by atoms with Crippen LogP contribution in [0.5, 0.6) is 0 Å². The molecule has 8 heteroatoms. The van der Waals surface area contributed by atoms with Crippen LogP contribution in [-0.2, 0) is 11.2 Å². The van der Waals surface area contributed by atoms with Crippen molar-refractivity contribution in [1.82, 2.24) is 9.97 Å². The summed E-state index contributed by atoms with van der Waals surface area (Å²) in [6, 6.07) is 6.33. The Morgan fingerprint density at radius 3 is 2.63 bits per heavy atom. The fraction of sp³-hybridized carbons (Fsp3) is 0.316. The van der Waals surface area contributed by atoms with Gasteiger partial charge in [0.25, 0.3) is 5.69 Å². The lowest BCUT2D eigenvalue weighted by molar-refractivity contribution is -0.384. The zero-order valence-electron chi connectivity index (χ0n) is 14.8. The lowest BCUT2D eigenvalue weighted by Gasteiger charge is -2.33. The normalized spacial score (nSPS) is 18.9. The van der Waals surface area contributed by atoms with Gasteiger partial charge in [0, 0.05) is 42.0 Å². The molecular weight excluding hydrogens is 364 g/mol. The van der Waals surface area contributed by atoms with Gasteiger partial charge in [-0.3, -0.25) is 14.9 Å². The molecule has 0 aliphatic heterocycles. The van der Waals surface area contributed by atoms with E-state index >= 15 is 0 Å². The summed E-state index contributed by atoms with van der Waals surface area (Å²) in [4.78, 5) is 32.4. The molecule has 2 N–H and O–H groups in total. The van der Waals surface area contributed by atoms with Crippen LogP contribution in [0.1, 0.15) is 42.0 Å². The van der Waals surface area contributed by atoms with Gasteiger partial charge in [0.15, 0.2) is 10.9 Å². The molecule has 1 heterocycles. The Kier molecular flexibility index (Phi) is 4.43. The third-order valence-electron chi connectivity index (χ3n) is 5.18. The Bertz CT molecular complexity index is 985. The SMILES string of the molecule is CSc1nc(N)c2c(n1)CC1=C(C(=O)CCC1)C2c1ccc([N+](=O)[O-])cc1. The summed E-state index contributed by atoms with van der Waals surface area (Å²) in [5, 5.41) is 11.6. The van der Waals surface area contributed by atoms with E-state index in [4.69, 9.17) is 5.73 Å². The molecule has 0 saturated carbocycles. The van der Waals surface area contributed by atoms with E-state index in [9.17, 15) is 14.9 Å². The number of nitrogen functional groups attached to an aromatic ring is 1. The maximum absolute atomic E-state index is 12.8. The van der Waals surface area contributed by atoms with Crippen molar-refractivity contribution in [3.8, 4) is 0 Å². The topological polar surface area (TPSA) is 112 Å². The second kappa shape index (κ2) is 6.77. The van der Waals surface area contributed by atoms with Gasteiger partial charge in [-0.1, -0.05) is 29.5 Å². The predicted octanol–water partition coefficient (Wildman–Crippen LogP) is 3.43. The standard InChI is InChI=1S/C19H18N4O3S/c1-27-19-21-13-9-11-3-2-4-14(24)15(11)16(17(13)18(20)22-19)10-5-7-12(8-6-10)23(25)26/h5-8,16H,2-4,9H2,1H3,(H2,20,21,22). The van der Waals surface area contributed by atoms with E-state index in [1.807, 2.05) is 6.26 Å². The summed E-state index contributed by atoms with van der Waals surface area (Å²) < 4.78 is 0. The highest BCUT2D eigenvalue weighted by atomic mass is 32.2. The number of hydrogen-bond donors (Lipinski definition) is 1. The number of hydrogen-bond acceptors (Lipinski definition) is 7. The second-order valence-electron chi connectivity index (χ2n) is 6.71. The third kappa shape index (κ3) is 2.99. The maximum Gasteiger partial charge on any atom is 0.269 e. The first-order valence-electron chi connectivity index (χ1n) is 8.69. The van der Waals surface area contributed by atoms with Crippen molar-refractivity contribution < 1.29 is 9.72 Å². The molecule has 4 rings (SSSR count).